The average molecular weight is 296 g/mol. The fourth-order valence-electron chi connectivity index (χ4n) is 3.37. The van der Waals surface area contributed by atoms with Crippen LogP contribution in [0.5, 0.6) is 0 Å². The Morgan fingerprint density at radius 1 is 1.10 bits per heavy atom. The highest BCUT2D eigenvalue weighted by Gasteiger charge is 2.27. The van der Waals surface area contributed by atoms with Gasteiger partial charge in [-0.1, -0.05) is 45.4 Å². The molecule has 122 valence electrons. The molecule has 0 aromatic heterocycles. The van der Waals surface area contributed by atoms with Crippen molar-refractivity contribution in [2.75, 3.05) is 7.11 Å². The van der Waals surface area contributed by atoms with Gasteiger partial charge in [-0.3, -0.25) is 9.59 Å². The number of esters is 1. The van der Waals surface area contributed by atoms with Crippen molar-refractivity contribution in [2.24, 2.45) is 11.8 Å². The molecule has 0 saturated heterocycles. The largest absolute Gasteiger partial charge is 0.469 e. The molecule has 1 saturated carbocycles. The zero-order valence-corrected chi connectivity index (χ0v) is 13.9. The first-order chi connectivity index (χ1) is 10.1. The summed E-state index contributed by atoms with van der Waals surface area (Å²) >= 11 is 0. The molecule has 2 unspecified atom stereocenters. The molecule has 2 atom stereocenters. The molecule has 0 aromatic carbocycles. The van der Waals surface area contributed by atoms with Crippen molar-refractivity contribution in [2.45, 2.75) is 84.0 Å². The Bertz CT molecular complexity index is 312. The van der Waals surface area contributed by atoms with Gasteiger partial charge in [0.05, 0.1) is 7.11 Å². The highest BCUT2D eigenvalue weighted by atomic mass is 16.5. The number of carbonyl (C=O) groups excluding carboxylic acids is 2. The minimum absolute atomic E-state index is 0.0960. The lowest BCUT2D eigenvalue weighted by atomic mass is 9.77. The first kappa shape index (κ1) is 18.2. The van der Waals surface area contributed by atoms with E-state index in [1.54, 1.807) is 0 Å². The molecule has 3 heteroatoms. The van der Waals surface area contributed by atoms with Crippen molar-refractivity contribution in [1.82, 2.24) is 0 Å². The molecule has 0 amide bonds. The number of ether oxygens (including phenoxy) is 1. The highest BCUT2D eigenvalue weighted by molar-refractivity contribution is 5.81. The quantitative estimate of drug-likeness (QED) is 0.434. The van der Waals surface area contributed by atoms with E-state index in [9.17, 15) is 9.59 Å². The minimum Gasteiger partial charge on any atom is -0.469 e. The summed E-state index contributed by atoms with van der Waals surface area (Å²) in [5, 5.41) is 0. The number of ketones is 1. The predicted octanol–water partition coefficient (Wildman–Crippen LogP) is 4.68. The lowest BCUT2D eigenvalue weighted by molar-refractivity contribution is -0.140. The number of hydrogen-bond acceptors (Lipinski definition) is 3. The van der Waals surface area contributed by atoms with E-state index in [4.69, 9.17) is 0 Å². The number of rotatable bonds is 10. The molecule has 0 aromatic rings. The number of hydrogen-bond donors (Lipinski definition) is 0. The van der Waals surface area contributed by atoms with Gasteiger partial charge in [0.15, 0.2) is 0 Å². The first-order valence-electron chi connectivity index (χ1n) is 8.74. The summed E-state index contributed by atoms with van der Waals surface area (Å²) in [6, 6.07) is 0. The lowest BCUT2D eigenvalue weighted by Crippen LogP contribution is -2.26. The first-order valence-corrected chi connectivity index (χ1v) is 8.74. The fourth-order valence-corrected chi connectivity index (χ4v) is 3.37. The van der Waals surface area contributed by atoms with Crippen LogP contribution in [0, 0.1) is 11.8 Å². The Balaban J connectivity index is 1.92. The van der Waals surface area contributed by atoms with Crippen LogP contribution in [0.1, 0.15) is 84.0 Å². The van der Waals surface area contributed by atoms with Crippen LogP contribution in [0.3, 0.4) is 0 Å². The zero-order valence-electron chi connectivity index (χ0n) is 13.9. The normalized spacial score (nSPS) is 22.3. The highest BCUT2D eigenvalue weighted by Crippen LogP contribution is 2.30. The average Bonchev–Trinajstić information content (AvgIpc) is 2.47. The second-order valence-electron chi connectivity index (χ2n) is 6.53. The standard InChI is InChI=1S/C18H32O3/c1-15-11-10-13-17(19)16(15)12-8-6-4-3-5-7-9-14-18(20)21-2/h15-16H,3-14H2,1-2H3. The van der Waals surface area contributed by atoms with Gasteiger partial charge in [-0.05, 0) is 31.6 Å². The van der Waals surface area contributed by atoms with E-state index in [-0.39, 0.29) is 5.97 Å². The van der Waals surface area contributed by atoms with Gasteiger partial charge < -0.3 is 4.74 Å². The number of Topliss-reactive ketones (excluding diaryl/α,β-unsaturated/α-hetero) is 1. The van der Waals surface area contributed by atoms with E-state index in [0.717, 1.165) is 32.1 Å². The molecule has 1 fully saturated rings. The summed E-state index contributed by atoms with van der Waals surface area (Å²) in [7, 11) is 1.44. The second kappa shape index (κ2) is 10.8. The van der Waals surface area contributed by atoms with Gasteiger partial charge in [0.1, 0.15) is 5.78 Å². The molecule has 0 heterocycles. The van der Waals surface area contributed by atoms with Crippen LogP contribution < -0.4 is 0 Å². The van der Waals surface area contributed by atoms with Crippen LogP contribution in [0.15, 0.2) is 0 Å². The predicted molar refractivity (Wildman–Crippen MR) is 85.1 cm³/mol. The zero-order chi connectivity index (χ0) is 15.5. The van der Waals surface area contributed by atoms with Crippen LogP contribution in [0.2, 0.25) is 0 Å². The smallest absolute Gasteiger partial charge is 0.305 e. The van der Waals surface area contributed by atoms with E-state index >= 15 is 0 Å². The Hall–Kier alpha value is -0.860. The summed E-state index contributed by atoms with van der Waals surface area (Å²) < 4.78 is 4.62. The fraction of sp³-hybridized carbons (Fsp3) is 0.889. The van der Waals surface area contributed by atoms with Gasteiger partial charge in [-0.15, -0.1) is 0 Å². The monoisotopic (exact) mass is 296 g/mol. The molecule has 1 rings (SSSR count). The van der Waals surface area contributed by atoms with Gasteiger partial charge in [-0.2, -0.15) is 0 Å². The third kappa shape index (κ3) is 7.63. The van der Waals surface area contributed by atoms with Crippen molar-refractivity contribution >= 4 is 11.8 Å². The van der Waals surface area contributed by atoms with Crippen molar-refractivity contribution in [3.63, 3.8) is 0 Å². The van der Waals surface area contributed by atoms with Gasteiger partial charge in [0, 0.05) is 18.8 Å². The third-order valence-electron chi connectivity index (χ3n) is 4.81. The molecular weight excluding hydrogens is 264 g/mol. The van der Waals surface area contributed by atoms with Crippen LogP contribution in [-0.2, 0) is 14.3 Å². The Morgan fingerprint density at radius 3 is 2.33 bits per heavy atom. The second-order valence-corrected chi connectivity index (χ2v) is 6.53. The summed E-state index contributed by atoms with van der Waals surface area (Å²) in [5.41, 5.74) is 0. The topological polar surface area (TPSA) is 43.4 Å². The van der Waals surface area contributed by atoms with Crippen molar-refractivity contribution < 1.29 is 14.3 Å². The molecular formula is C18H32O3. The maximum atomic E-state index is 11.9. The molecule has 0 aliphatic heterocycles. The van der Waals surface area contributed by atoms with E-state index in [0.29, 0.717) is 24.0 Å². The van der Waals surface area contributed by atoms with Gasteiger partial charge >= 0.3 is 5.97 Å². The number of methoxy groups -OCH3 is 1. The summed E-state index contributed by atoms with van der Waals surface area (Å²) in [6.45, 7) is 2.24. The Labute approximate surface area is 129 Å². The van der Waals surface area contributed by atoms with Gasteiger partial charge in [0.2, 0.25) is 0 Å². The number of carbonyl (C=O) groups is 2. The van der Waals surface area contributed by atoms with Gasteiger partial charge in [0.25, 0.3) is 0 Å². The van der Waals surface area contributed by atoms with E-state index in [1.807, 2.05) is 0 Å². The van der Waals surface area contributed by atoms with Crippen molar-refractivity contribution in [3.8, 4) is 0 Å². The molecule has 0 bridgehead atoms. The Kier molecular flexibility index (Phi) is 9.36. The SMILES string of the molecule is COC(=O)CCCCCCCCCC1C(=O)CCCC1C. The minimum atomic E-state index is -0.0960. The Morgan fingerprint density at radius 2 is 1.71 bits per heavy atom. The van der Waals surface area contributed by atoms with Crippen LogP contribution >= 0.6 is 0 Å². The molecule has 0 spiro atoms. The van der Waals surface area contributed by atoms with Crippen LogP contribution in [-0.4, -0.2) is 18.9 Å². The maximum Gasteiger partial charge on any atom is 0.305 e. The summed E-state index contributed by atoms with van der Waals surface area (Å²) in [4.78, 5) is 22.8. The van der Waals surface area contributed by atoms with Crippen molar-refractivity contribution in [1.29, 1.82) is 0 Å². The molecule has 1 aliphatic carbocycles. The summed E-state index contributed by atoms with van der Waals surface area (Å²) in [5.74, 6) is 1.36. The van der Waals surface area contributed by atoms with E-state index < -0.39 is 0 Å². The van der Waals surface area contributed by atoms with Crippen LogP contribution in [0.4, 0.5) is 0 Å². The van der Waals surface area contributed by atoms with Crippen molar-refractivity contribution in [3.05, 3.63) is 0 Å². The molecule has 0 N–H and O–H groups in total. The molecule has 0 radical (unpaired) electrons. The third-order valence-corrected chi connectivity index (χ3v) is 4.81. The molecule has 3 nitrogen and oxygen atoms in total. The number of unbranched alkanes of at least 4 members (excludes halogenated alkanes) is 6. The van der Waals surface area contributed by atoms with E-state index in [2.05, 4.69) is 11.7 Å². The van der Waals surface area contributed by atoms with Crippen LogP contribution in [0.25, 0.3) is 0 Å². The molecule has 21 heavy (non-hydrogen) atoms. The van der Waals surface area contributed by atoms with E-state index in [1.165, 1.54) is 45.6 Å². The van der Waals surface area contributed by atoms with Gasteiger partial charge in [-0.25, -0.2) is 0 Å². The summed E-state index contributed by atoms with van der Waals surface area (Å²) in [6.07, 6.45) is 13.0. The maximum absolute atomic E-state index is 11.9. The molecule has 1 aliphatic rings. The lowest BCUT2D eigenvalue weighted by Gasteiger charge is -2.27.